The SMILES string of the molecule is Oc1[nH]c(O)c2c1C1C=C[C@H]2C1. The first kappa shape index (κ1) is 6.17. The topological polar surface area (TPSA) is 56.2 Å². The first-order valence-corrected chi connectivity index (χ1v) is 4.09. The fourth-order valence-electron chi connectivity index (χ4n) is 2.38. The maximum atomic E-state index is 9.42. The fourth-order valence-corrected chi connectivity index (χ4v) is 2.38. The molecule has 0 saturated heterocycles. The van der Waals surface area contributed by atoms with E-state index in [-0.39, 0.29) is 11.8 Å². The van der Waals surface area contributed by atoms with Crippen molar-refractivity contribution >= 4 is 0 Å². The molecule has 2 aliphatic carbocycles. The molecule has 3 rings (SSSR count). The van der Waals surface area contributed by atoms with Gasteiger partial charge < -0.3 is 10.2 Å². The molecule has 1 heterocycles. The molecule has 0 spiro atoms. The van der Waals surface area contributed by atoms with Gasteiger partial charge in [-0.15, -0.1) is 0 Å². The van der Waals surface area contributed by atoms with Gasteiger partial charge in [0.1, 0.15) is 0 Å². The van der Waals surface area contributed by atoms with Crippen LogP contribution in [0.3, 0.4) is 0 Å². The Kier molecular flexibility index (Phi) is 0.865. The van der Waals surface area contributed by atoms with Gasteiger partial charge in [0.05, 0.1) is 0 Å². The summed E-state index contributed by atoms with van der Waals surface area (Å²) in [6, 6.07) is 0. The zero-order valence-electron chi connectivity index (χ0n) is 6.41. The van der Waals surface area contributed by atoms with Crippen LogP contribution in [0.25, 0.3) is 0 Å². The van der Waals surface area contributed by atoms with Crippen LogP contribution in [-0.4, -0.2) is 15.2 Å². The van der Waals surface area contributed by atoms with E-state index in [9.17, 15) is 10.2 Å². The third-order valence-electron chi connectivity index (χ3n) is 2.86. The highest BCUT2D eigenvalue weighted by Crippen LogP contribution is 2.54. The molecule has 2 aliphatic rings. The average Bonchev–Trinajstić information content (AvgIpc) is 2.64. The van der Waals surface area contributed by atoms with Gasteiger partial charge in [-0.2, -0.15) is 0 Å². The van der Waals surface area contributed by atoms with E-state index in [1.165, 1.54) is 0 Å². The Hall–Kier alpha value is -1.38. The highest BCUT2D eigenvalue weighted by molar-refractivity contribution is 5.57. The lowest BCUT2D eigenvalue weighted by atomic mass is 10.0. The van der Waals surface area contributed by atoms with Gasteiger partial charge in [-0.05, 0) is 6.42 Å². The summed E-state index contributed by atoms with van der Waals surface area (Å²) in [5.74, 6) is 0.919. The molecule has 0 aliphatic heterocycles. The first-order chi connectivity index (χ1) is 5.77. The summed E-state index contributed by atoms with van der Waals surface area (Å²) in [7, 11) is 0. The van der Waals surface area contributed by atoms with Crippen LogP contribution in [0.5, 0.6) is 11.8 Å². The summed E-state index contributed by atoms with van der Waals surface area (Å²) >= 11 is 0. The van der Waals surface area contributed by atoms with Crippen molar-refractivity contribution in [2.24, 2.45) is 0 Å². The van der Waals surface area contributed by atoms with Gasteiger partial charge in [0.2, 0.25) is 0 Å². The highest BCUT2D eigenvalue weighted by Gasteiger charge is 2.38. The Balaban J connectivity index is 2.31. The van der Waals surface area contributed by atoms with Crippen molar-refractivity contribution in [2.45, 2.75) is 18.3 Å². The van der Waals surface area contributed by atoms with E-state index in [0.717, 1.165) is 17.5 Å². The van der Waals surface area contributed by atoms with E-state index in [1.54, 1.807) is 0 Å². The maximum Gasteiger partial charge on any atom is 0.195 e. The first-order valence-electron chi connectivity index (χ1n) is 4.09. The number of aromatic amines is 1. The van der Waals surface area contributed by atoms with Crippen LogP contribution in [0.1, 0.15) is 29.4 Å². The number of fused-ring (bicyclic) bond motifs is 5. The van der Waals surface area contributed by atoms with E-state index in [2.05, 4.69) is 17.1 Å². The van der Waals surface area contributed by atoms with E-state index in [0.29, 0.717) is 11.8 Å². The van der Waals surface area contributed by atoms with E-state index >= 15 is 0 Å². The van der Waals surface area contributed by atoms with Gasteiger partial charge in [-0.3, -0.25) is 4.98 Å². The molecule has 0 radical (unpaired) electrons. The molecule has 1 aromatic heterocycles. The monoisotopic (exact) mass is 163 g/mol. The summed E-state index contributed by atoms with van der Waals surface area (Å²) in [5, 5.41) is 18.8. The van der Waals surface area contributed by atoms with Gasteiger partial charge in [0, 0.05) is 23.0 Å². The largest absolute Gasteiger partial charge is 0.494 e. The van der Waals surface area contributed by atoms with Crippen molar-refractivity contribution in [3.05, 3.63) is 23.3 Å². The van der Waals surface area contributed by atoms with Crippen LogP contribution in [0.2, 0.25) is 0 Å². The number of rotatable bonds is 0. The summed E-state index contributed by atoms with van der Waals surface area (Å²) in [5.41, 5.74) is 1.81. The minimum Gasteiger partial charge on any atom is -0.494 e. The molecule has 1 unspecified atom stereocenters. The molecule has 62 valence electrons. The predicted molar refractivity (Wildman–Crippen MR) is 43.4 cm³/mol. The molecule has 0 fully saturated rings. The number of H-pyrrole nitrogens is 1. The highest BCUT2D eigenvalue weighted by atomic mass is 16.3. The van der Waals surface area contributed by atoms with Crippen molar-refractivity contribution in [3.8, 4) is 11.8 Å². The summed E-state index contributed by atoms with van der Waals surface area (Å²) in [6.07, 6.45) is 5.21. The zero-order chi connectivity index (χ0) is 8.29. The number of hydrogen-bond donors (Lipinski definition) is 3. The quantitative estimate of drug-likeness (QED) is 0.508. The van der Waals surface area contributed by atoms with Crippen LogP contribution in [0.4, 0.5) is 0 Å². The van der Waals surface area contributed by atoms with Gasteiger partial charge >= 0.3 is 0 Å². The van der Waals surface area contributed by atoms with Crippen LogP contribution in [-0.2, 0) is 0 Å². The van der Waals surface area contributed by atoms with Gasteiger partial charge in [0.15, 0.2) is 11.8 Å². The Labute approximate surface area is 69.4 Å². The Morgan fingerprint density at radius 2 is 1.58 bits per heavy atom. The Bertz CT molecular complexity index is 346. The fraction of sp³-hybridized carbons (Fsp3) is 0.333. The van der Waals surface area contributed by atoms with Crippen molar-refractivity contribution in [2.75, 3.05) is 0 Å². The van der Waals surface area contributed by atoms with Crippen LogP contribution in [0, 0.1) is 0 Å². The lowest BCUT2D eigenvalue weighted by Gasteiger charge is -2.03. The molecule has 0 saturated carbocycles. The van der Waals surface area contributed by atoms with Crippen molar-refractivity contribution < 1.29 is 10.2 Å². The molecule has 3 N–H and O–H groups in total. The summed E-state index contributed by atoms with van der Waals surface area (Å²) in [4.78, 5) is 2.55. The third-order valence-corrected chi connectivity index (χ3v) is 2.86. The molecular formula is C9H9NO2. The minimum absolute atomic E-state index is 0.138. The molecule has 12 heavy (non-hydrogen) atoms. The van der Waals surface area contributed by atoms with Crippen LogP contribution in [0.15, 0.2) is 12.2 Å². The maximum absolute atomic E-state index is 9.42. The normalized spacial score (nSPS) is 29.7. The lowest BCUT2D eigenvalue weighted by molar-refractivity contribution is 0.418. The molecule has 2 atom stereocenters. The van der Waals surface area contributed by atoms with Gasteiger partial charge in [-0.25, -0.2) is 0 Å². The smallest absolute Gasteiger partial charge is 0.195 e. The second kappa shape index (κ2) is 1.68. The number of nitrogens with one attached hydrogen (secondary N) is 1. The summed E-state index contributed by atoms with van der Waals surface area (Å²) in [6.45, 7) is 0. The predicted octanol–water partition coefficient (Wildman–Crippen LogP) is 1.57. The molecule has 3 nitrogen and oxygen atoms in total. The van der Waals surface area contributed by atoms with E-state index in [1.807, 2.05) is 0 Å². The minimum atomic E-state index is 0.138. The number of aromatic nitrogens is 1. The number of hydrogen-bond acceptors (Lipinski definition) is 2. The molecule has 0 aromatic carbocycles. The molecular weight excluding hydrogens is 154 g/mol. The van der Waals surface area contributed by atoms with Gasteiger partial charge in [-0.1, -0.05) is 12.2 Å². The van der Waals surface area contributed by atoms with Crippen molar-refractivity contribution in [1.82, 2.24) is 4.98 Å². The molecule has 1 aromatic rings. The molecule has 0 amide bonds. The lowest BCUT2D eigenvalue weighted by Crippen LogP contribution is -1.87. The number of allylic oxidation sites excluding steroid dienone is 2. The third kappa shape index (κ3) is 0.501. The van der Waals surface area contributed by atoms with Gasteiger partial charge in [0.25, 0.3) is 0 Å². The standard InChI is InChI=1S/C9H9NO2/c11-8-6-4-1-2-5(3-4)7(6)9(12)10-8/h1-2,4-5,10-12H,3H2/t4-,5?/m0/s1. The van der Waals surface area contributed by atoms with Crippen molar-refractivity contribution in [1.29, 1.82) is 0 Å². The summed E-state index contributed by atoms with van der Waals surface area (Å²) < 4.78 is 0. The second-order valence-corrected chi connectivity index (χ2v) is 3.48. The van der Waals surface area contributed by atoms with E-state index in [4.69, 9.17) is 0 Å². The van der Waals surface area contributed by atoms with Crippen molar-refractivity contribution in [3.63, 3.8) is 0 Å². The Morgan fingerprint density at radius 3 is 2.08 bits per heavy atom. The average molecular weight is 163 g/mol. The zero-order valence-corrected chi connectivity index (χ0v) is 6.41. The van der Waals surface area contributed by atoms with Crippen LogP contribution >= 0.6 is 0 Å². The van der Waals surface area contributed by atoms with Crippen LogP contribution < -0.4 is 0 Å². The molecule has 3 heteroatoms. The second-order valence-electron chi connectivity index (χ2n) is 3.48. The molecule has 2 bridgehead atoms. The Morgan fingerprint density at radius 1 is 1.08 bits per heavy atom. The van der Waals surface area contributed by atoms with E-state index < -0.39 is 0 Å². The number of aromatic hydroxyl groups is 2.